The molecule has 0 fully saturated rings. The molecule has 0 aliphatic rings. The third kappa shape index (κ3) is 29.7. The maximum absolute atomic E-state index is 12.4. The fraction of sp³-hybridized carbons (Fsp3) is 0.914. The first-order chi connectivity index (χ1) is 20.0. The van der Waals surface area contributed by atoms with Gasteiger partial charge in [-0.2, -0.15) is 0 Å². The maximum atomic E-state index is 12.4. The van der Waals surface area contributed by atoms with Crippen LogP contribution in [0.25, 0.3) is 0 Å². The van der Waals surface area contributed by atoms with Crippen LogP contribution in [0.4, 0.5) is 0 Å². The summed E-state index contributed by atoms with van der Waals surface area (Å²) in [5.41, 5.74) is 0. The first-order valence-corrected chi connectivity index (χ1v) is 17.5. The molecule has 0 bridgehead atoms. The highest BCUT2D eigenvalue weighted by Crippen LogP contribution is 2.13. The zero-order valence-corrected chi connectivity index (χ0v) is 27.3. The minimum atomic E-state index is -0.752. The number of hydrogen-bond donors (Lipinski definition) is 0. The van der Waals surface area contributed by atoms with Crippen LogP contribution in [-0.2, 0) is 28.6 Å². The lowest BCUT2D eigenvalue weighted by Crippen LogP contribution is -2.30. The molecule has 0 radical (unpaired) electrons. The highest BCUT2D eigenvalue weighted by atomic mass is 16.6. The minimum Gasteiger partial charge on any atom is -0.462 e. The molecule has 0 amide bonds. The molecule has 0 aromatic carbocycles. The Labute approximate surface area is 253 Å². The second-order valence-electron chi connectivity index (χ2n) is 11.8. The van der Waals surface area contributed by atoms with Gasteiger partial charge in [0.1, 0.15) is 13.2 Å². The molecule has 0 aromatic heterocycles. The number of rotatable bonds is 31. The largest absolute Gasteiger partial charge is 0.462 e. The summed E-state index contributed by atoms with van der Waals surface area (Å²) in [6.45, 7) is 6.46. The SMILES string of the molecule is CCCCCCCCCCCCCCC(=O)OCC(COC(=O)CCCCCCC)OC(=O)CCCCCCCC. The Morgan fingerprint density at radius 1 is 0.390 bits per heavy atom. The van der Waals surface area contributed by atoms with Gasteiger partial charge in [-0.15, -0.1) is 0 Å². The molecule has 0 heterocycles. The lowest BCUT2D eigenvalue weighted by Gasteiger charge is -2.18. The number of ether oxygens (including phenoxy) is 3. The van der Waals surface area contributed by atoms with Gasteiger partial charge in [0.05, 0.1) is 0 Å². The van der Waals surface area contributed by atoms with E-state index in [1.807, 2.05) is 0 Å². The zero-order chi connectivity index (χ0) is 30.2. The third-order valence-corrected chi connectivity index (χ3v) is 7.61. The van der Waals surface area contributed by atoms with Crippen LogP contribution in [0, 0.1) is 0 Å². The Kier molecular flexibility index (Phi) is 30.1. The second-order valence-corrected chi connectivity index (χ2v) is 11.8. The molecule has 1 atom stereocenters. The molecule has 0 aromatic rings. The van der Waals surface area contributed by atoms with Gasteiger partial charge >= 0.3 is 17.9 Å². The van der Waals surface area contributed by atoms with Crippen molar-refractivity contribution in [2.75, 3.05) is 13.2 Å². The van der Waals surface area contributed by atoms with Gasteiger partial charge in [0.25, 0.3) is 0 Å². The average molecular weight is 583 g/mol. The molecule has 0 saturated heterocycles. The molecule has 1 unspecified atom stereocenters. The normalized spacial score (nSPS) is 11.8. The summed E-state index contributed by atoms with van der Waals surface area (Å²) >= 11 is 0. The van der Waals surface area contributed by atoms with Gasteiger partial charge in [-0.1, -0.05) is 149 Å². The highest BCUT2D eigenvalue weighted by molar-refractivity contribution is 5.71. The smallest absolute Gasteiger partial charge is 0.306 e. The van der Waals surface area contributed by atoms with Crippen LogP contribution in [0.15, 0.2) is 0 Å². The maximum Gasteiger partial charge on any atom is 0.306 e. The number of esters is 3. The van der Waals surface area contributed by atoms with E-state index in [1.54, 1.807) is 0 Å². The fourth-order valence-corrected chi connectivity index (χ4v) is 4.91. The van der Waals surface area contributed by atoms with Crippen molar-refractivity contribution in [2.24, 2.45) is 0 Å². The van der Waals surface area contributed by atoms with Crippen molar-refractivity contribution < 1.29 is 28.6 Å². The summed E-state index contributed by atoms with van der Waals surface area (Å²) < 4.78 is 16.4. The van der Waals surface area contributed by atoms with E-state index >= 15 is 0 Å². The molecule has 0 aliphatic carbocycles. The van der Waals surface area contributed by atoms with Crippen molar-refractivity contribution in [3.8, 4) is 0 Å². The number of carbonyl (C=O) groups is 3. The van der Waals surface area contributed by atoms with E-state index in [0.717, 1.165) is 64.2 Å². The summed E-state index contributed by atoms with van der Waals surface area (Å²) in [4.78, 5) is 36.9. The van der Waals surface area contributed by atoms with Gasteiger partial charge in [0, 0.05) is 19.3 Å². The predicted molar refractivity (Wildman–Crippen MR) is 169 cm³/mol. The van der Waals surface area contributed by atoms with E-state index in [4.69, 9.17) is 14.2 Å². The van der Waals surface area contributed by atoms with E-state index in [9.17, 15) is 14.4 Å². The summed E-state index contributed by atoms with van der Waals surface area (Å²) in [5, 5.41) is 0. The molecule has 0 aliphatic heterocycles. The molecule has 0 N–H and O–H groups in total. The monoisotopic (exact) mass is 582 g/mol. The van der Waals surface area contributed by atoms with Crippen LogP contribution >= 0.6 is 0 Å². The lowest BCUT2D eigenvalue weighted by molar-refractivity contribution is -0.167. The van der Waals surface area contributed by atoms with E-state index < -0.39 is 6.10 Å². The number of unbranched alkanes of at least 4 members (excludes halogenated alkanes) is 20. The molecule has 0 spiro atoms. The van der Waals surface area contributed by atoms with Crippen molar-refractivity contribution >= 4 is 17.9 Å². The highest BCUT2D eigenvalue weighted by Gasteiger charge is 2.19. The van der Waals surface area contributed by atoms with Gasteiger partial charge in [-0.3, -0.25) is 14.4 Å². The van der Waals surface area contributed by atoms with Crippen molar-refractivity contribution in [3.63, 3.8) is 0 Å². The predicted octanol–water partition coefficient (Wildman–Crippen LogP) is 10.2. The van der Waals surface area contributed by atoms with E-state index in [1.165, 1.54) is 83.5 Å². The first kappa shape index (κ1) is 39.4. The van der Waals surface area contributed by atoms with Crippen LogP contribution in [-0.4, -0.2) is 37.2 Å². The van der Waals surface area contributed by atoms with Gasteiger partial charge in [-0.25, -0.2) is 0 Å². The average Bonchev–Trinajstić information content (AvgIpc) is 2.96. The Morgan fingerprint density at radius 3 is 0.976 bits per heavy atom. The van der Waals surface area contributed by atoms with Crippen molar-refractivity contribution in [3.05, 3.63) is 0 Å². The Bertz CT molecular complexity index is 605. The minimum absolute atomic E-state index is 0.0664. The van der Waals surface area contributed by atoms with Gasteiger partial charge < -0.3 is 14.2 Å². The van der Waals surface area contributed by atoms with E-state index in [-0.39, 0.29) is 31.1 Å². The standard InChI is InChI=1S/C35H66O6/c1-4-7-10-13-15-16-17-18-19-20-23-25-28-34(37)40-31-32(30-39-33(36)27-24-21-12-9-6-3)41-35(38)29-26-22-14-11-8-5-2/h32H,4-31H2,1-3H3. The van der Waals surface area contributed by atoms with Gasteiger partial charge in [0.2, 0.25) is 0 Å². The summed E-state index contributed by atoms with van der Waals surface area (Å²) in [5.74, 6) is -0.893. The number of hydrogen-bond acceptors (Lipinski definition) is 6. The molecule has 0 rings (SSSR count). The van der Waals surface area contributed by atoms with E-state index in [0.29, 0.717) is 19.3 Å². The Hall–Kier alpha value is -1.59. The van der Waals surface area contributed by atoms with Crippen LogP contribution in [0.5, 0.6) is 0 Å². The van der Waals surface area contributed by atoms with Crippen molar-refractivity contribution in [1.29, 1.82) is 0 Å². The molecule has 41 heavy (non-hydrogen) atoms. The first-order valence-electron chi connectivity index (χ1n) is 17.5. The van der Waals surface area contributed by atoms with Gasteiger partial charge in [0.15, 0.2) is 6.10 Å². The van der Waals surface area contributed by atoms with Crippen LogP contribution < -0.4 is 0 Å². The molecule has 0 saturated carbocycles. The molecule has 242 valence electrons. The summed E-state index contributed by atoms with van der Waals surface area (Å²) in [7, 11) is 0. The summed E-state index contributed by atoms with van der Waals surface area (Å²) in [6.07, 6.45) is 27.0. The Balaban J connectivity index is 4.22. The van der Waals surface area contributed by atoms with Crippen LogP contribution in [0.1, 0.15) is 188 Å². The molecular formula is C35H66O6. The lowest BCUT2D eigenvalue weighted by atomic mass is 10.0. The van der Waals surface area contributed by atoms with Gasteiger partial charge in [-0.05, 0) is 19.3 Å². The second kappa shape index (κ2) is 31.3. The summed E-state index contributed by atoms with van der Waals surface area (Å²) in [6, 6.07) is 0. The Morgan fingerprint density at radius 2 is 0.659 bits per heavy atom. The third-order valence-electron chi connectivity index (χ3n) is 7.61. The quantitative estimate of drug-likeness (QED) is 0.0459. The van der Waals surface area contributed by atoms with Crippen molar-refractivity contribution in [2.45, 2.75) is 194 Å². The molecule has 6 heteroatoms. The topological polar surface area (TPSA) is 78.9 Å². The fourth-order valence-electron chi connectivity index (χ4n) is 4.91. The van der Waals surface area contributed by atoms with E-state index in [2.05, 4.69) is 20.8 Å². The van der Waals surface area contributed by atoms with Crippen LogP contribution in [0.2, 0.25) is 0 Å². The zero-order valence-electron chi connectivity index (χ0n) is 27.3. The number of carbonyl (C=O) groups excluding carboxylic acids is 3. The molecular weight excluding hydrogens is 516 g/mol. The molecule has 6 nitrogen and oxygen atoms in total. The van der Waals surface area contributed by atoms with Crippen molar-refractivity contribution in [1.82, 2.24) is 0 Å². The van der Waals surface area contributed by atoms with Crippen LogP contribution in [0.3, 0.4) is 0 Å².